The number of aliphatic hydroxyl groups excluding tert-OH is 22. The Balaban J connectivity index is 0.984. The number of carboxylic acid groups (broad SMARTS) is 1. The first-order valence-corrected chi connectivity index (χ1v) is 26.2. The van der Waals surface area contributed by atoms with Crippen LogP contribution >= 0.6 is 0 Å². The van der Waals surface area contributed by atoms with E-state index in [0.29, 0.717) is 0 Å². The quantitative estimate of drug-likeness (QED) is 0.0340. The second-order valence-electron chi connectivity index (χ2n) is 20.7. The molecule has 23 N–H and O–H groups in total. The predicted octanol–water partition coefficient (Wildman–Crippen LogP) is -15.7. The maximum absolute atomic E-state index is 10.8. The highest BCUT2D eigenvalue weighted by Crippen LogP contribution is 2.32. The zero-order chi connectivity index (χ0) is 61.5. The Morgan fingerprint density at radius 2 is 0.639 bits per heavy atom. The largest absolute Gasteiger partial charge is 0.479 e. The summed E-state index contributed by atoms with van der Waals surface area (Å²) in [5.41, 5.74) is 0. The van der Waals surface area contributed by atoms with E-state index in [1.807, 2.05) is 0 Å². The van der Waals surface area contributed by atoms with E-state index in [-0.39, 0.29) is 13.0 Å². The average Bonchev–Trinajstić information content (AvgIpc) is 3.62. The van der Waals surface area contributed by atoms with Crippen LogP contribution in [0.2, 0.25) is 0 Å². The Morgan fingerprint density at radius 1 is 0.386 bits per heavy atom. The highest BCUT2D eigenvalue weighted by Gasteiger charge is 2.53. The van der Waals surface area contributed by atoms with Crippen LogP contribution in [0.1, 0.15) is 6.42 Å². The van der Waals surface area contributed by atoms with Crippen molar-refractivity contribution >= 4 is 5.97 Å². The van der Waals surface area contributed by atoms with Gasteiger partial charge in [-0.3, -0.25) is 4.84 Å². The van der Waals surface area contributed by atoms with Crippen molar-refractivity contribution < 1.29 is 184 Å². The average molecular weight is 1230 g/mol. The molecule has 486 valence electrons. The molecule has 0 amide bonds. The third-order valence-corrected chi connectivity index (χ3v) is 14.7. The van der Waals surface area contributed by atoms with Gasteiger partial charge in [-0.15, -0.1) is 0 Å². The first-order chi connectivity index (χ1) is 39.1. The molecule has 38 heteroatoms. The monoisotopic (exact) mass is 1230 g/mol. The summed E-state index contributed by atoms with van der Waals surface area (Å²) < 4.78 is 66.0. The molecule has 0 aromatic carbocycles. The lowest BCUT2D eigenvalue weighted by atomic mass is 9.97. The summed E-state index contributed by atoms with van der Waals surface area (Å²) in [6, 6.07) is 0. The number of ether oxygens (including phenoxy) is 12. The van der Waals surface area contributed by atoms with Crippen LogP contribution < -0.4 is 0 Å². The van der Waals surface area contributed by atoms with Gasteiger partial charge in [0.15, 0.2) is 44.3 Å². The minimum Gasteiger partial charge on any atom is -0.479 e. The predicted molar refractivity (Wildman–Crippen MR) is 252 cm³/mol. The van der Waals surface area contributed by atoms with Crippen molar-refractivity contribution in [3.63, 3.8) is 0 Å². The molecule has 0 aromatic rings. The Morgan fingerprint density at radius 3 is 0.904 bits per heavy atom. The van der Waals surface area contributed by atoms with Crippen molar-refractivity contribution in [1.82, 2.24) is 5.06 Å². The van der Waals surface area contributed by atoms with E-state index in [2.05, 4.69) is 0 Å². The van der Waals surface area contributed by atoms with Crippen molar-refractivity contribution in [2.24, 2.45) is 0 Å². The second kappa shape index (κ2) is 31.5. The minimum atomic E-state index is -2.06. The number of carbonyl (C=O) groups is 1. The van der Waals surface area contributed by atoms with Crippen molar-refractivity contribution in [1.29, 1.82) is 0 Å². The van der Waals surface area contributed by atoms with Gasteiger partial charge in [0.1, 0.15) is 159 Å². The summed E-state index contributed by atoms with van der Waals surface area (Å²) in [4.78, 5) is 15.6. The summed E-state index contributed by atoms with van der Waals surface area (Å²) in [7, 11) is 1.36. The highest BCUT2D eigenvalue weighted by atomic mass is 16.8. The fraction of sp³-hybridized carbons (Fsp3) is 0.978. The normalized spacial score (nSPS) is 46.6. The van der Waals surface area contributed by atoms with E-state index in [9.17, 15) is 117 Å². The zero-order valence-corrected chi connectivity index (χ0v) is 44.1. The summed E-state index contributed by atoms with van der Waals surface area (Å²) in [5.74, 6) is -1.26. The van der Waals surface area contributed by atoms with Crippen LogP contribution in [-0.2, 0) is 66.5 Å². The smallest absolute Gasteiger partial charge is 0.331 e. The van der Waals surface area contributed by atoms with Gasteiger partial charge in [-0.05, 0) is 6.42 Å². The molecule has 0 aromatic heterocycles. The molecule has 17 unspecified atom stereocenters. The molecule has 38 nitrogen and oxygen atoms in total. The van der Waals surface area contributed by atoms with Gasteiger partial charge in [0.05, 0.1) is 52.4 Å². The number of carboxylic acids is 1. The number of hydrogen-bond acceptors (Lipinski definition) is 37. The van der Waals surface area contributed by atoms with Crippen LogP contribution in [0.15, 0.2) is 0 Å². The number of aliphatic hydroxyl groups is 22. The van der Waals surface area contributed by atoms with Crippen molar-refractivity contribution in [2.45, 2.75) is 209 Å². The van der Waals surface area contributed by atoms with E-state index < -0.39 is 261 Å². The van der Waals surface area contributed by atoms with Gasteiger partial charge in [-0.25, -0.2) is 4.79 Å². The molecule has 6 saturated heterocycles. The maximum atomic E-state index is 10.8. The molecule has 6 rings (SSSR count). The Labute approximate surface area is 469 Å². The number of rotatable bonds is 27. The van der Waals surface area contributed by atoms with Gasteiger partial charge in [-0.2, -0.15) is 5.06 Å². The molecule has 6 fully saturated rings. The SMILES string of the molecule is CN(CC[C@@H](O)[C@H](O)C(O)COC1OC(CO[C@@H]2O[C@H](COC3OC(CO[C@@H]4OC(COC5OC(CO[C@@H]6O[C@H](CO)C(O)[C@H](O)C6O)[C@@H](O)C(O)[C@H]5O)C(O)[C@H](O)C4O)[C@@H](O)C(O)[C@H]3O)C(O)[C@H](O)C2O)[C@@H](O)C(O)[C@H]1O)OCC(=O)O. The molecular formula is C45H79NO37. The molecule has 6 heterocycles. The first kappa shape index (κ1) is 70.1. The Hall–Kier alpha value is -1.97. The van der Waals surface area contributed by atoms with E-state index in [4.69, 9.17) is 66.8 Å². The molecule has 6 aliphatic heterocycles. The van der Waals surface area contributed by atoms with Crippen LogP contribution in [0.5, 0.6) is 0 Å². The van der Waals surface area contributed by atoms with Gasteiger partial charge in [0.2, 0.25) is 0 Å². The van der Waals surface area contributed by atoms with Crippen LogP contribution in [0.3, 0.4) is 0 Å². The third kappa shape index (κ3) is 17.3. The van der Waals surface area contributed by atoms with Gasteiger partial charge < -0.3 is 174 Å². The summed E-state index contributed by atoms with van der Waals surface area (Å²) in [6.45, 7) is -6.41. The molecule has 0 bridgehead atoms. The lowest BCUT2D eigenvalue weighted by Gasteiger charge is -2.45. The van der Waals surface area contributed by atoms with Gasteiger partial charge in [-0.1, -0.05) is 0 Å². The number of aliphatic carboxylic acids is 1. The van der Waals surface area contributed by atoms with Crippen LogP contribution in [-0.4, -0.2) is 397 Å². The Bertz CT molecular complexity index is 1930. The maximum Gasteiger partial charge on any atom is 0.331 e. The van der Waals surface area contributed by atoms with Crippen LogP contribution in [0.25, 0.3) is 0 Å². The summed E-state index contributed by atoms with van der Waals surface area (Å²) in [5, 5.41) is 241. The standard InChI is InChI=1S/C45H79NO37/c1-46(77-11-20(50)51)3-2-12(48)21(52)13(49)5-71-40-35(66)29(60)23(54)15(79-40)7-73-42-37(68)31(62)25(56)17(81-42)9-75-44-39(70)33(64)27(58)19(83-44)10-76-45-38(69)32(63)26(57)18(82-45)8-74-43-36(67)30(61)24(55)16(80-43)6-72-41-34(65)28(59)22(53)14(4-47)78-41/h12-19,21-45,47-49,52-70H,2-11H2,1H3,(H,50,51)/t12-,13?,14-,15?,16?,17-,18?,19?,21+,22?,23-,24-,25?,26?,27-,28+,29?,30?,31+,32+,33?,34?,35-,36-,37?,38?,39-,40?,41-,42-,43?,44?,45-/m1/s1. The molecule has 83 heavy (non-hydrogen) atoms. The lowest BCUT2D eigenvalue weighted by molar-refractivity contribution is -0.352. The topological polar surface area (TPSA) is 606 Å². The molecular weight excluding hydrogens is 1150 g/mol. The summed E-state index contributed by atoms with van der Waals surface area (Å²) >= 11 is 0. The third-order valence-electron chi connectivity index (χ3n) is 14.7. The minimum absolute atomic E-state index is 0.0829. The molecule has 33 atom stereocenters. The van der Waals surface area contributed by atoms with Crippen LogP contribution in [0.4, 0.5) is 0 Å². The van der Waals surface area contributed by atoms with Gasteiger partial charge in [0.25, 0.3) is 0 Å². The molecule has 6 aliphatic rings. The van der Waals surface area contributed by atoms with Crippen molar-refractivity contribution in [3.8, 4) is 0 Å². The molecule has 0 radical (unpaired) electrons. The number of hydroxylamine groups is 2. The van der Waals surface area contributed by atoms with Gasteiger partial charge >= 0.3 is 5.97 Å². The van der Waals surface area contributed by atoms with E-state index in [1.54, 1.807) is 0 Å². The fourth-order valence-corrected chi connectivity index (χ4v) is 9.38. The van der Waals surface area contributed by atoms with Crippen LogP contribution in [0, 0.1) is 0 Å². The fourth-order valence-electron chi connectivity index (χ4n) is 9.38. The number of hydrogen-bond donors (Lipinski definition) is 23. The number of nitrogens with zero attached hydrogens (tertiary/aromatic N) is 1. The second-order valence-corrected chi connectivity index (χ2v) is 20.7. The van der Waals surface area contributed by atoms with Gasteiger partial charge in [0, 0.05) is 13.6 Å². The van der Waals surface area contributed by atoms with Crippen molar-refractivity contribution in [3.05, 3.63) is 0 Å². The molecule has 0 aliphatic carbocycles. The van der Waals surface area contributed by atoms with Crippen molar-refractivity contribution in [2.75, 3.05) is 66.4 Å². The zero-order valence-electron chi connectivity index (χ0n) is 44.1. The Kier molecular flexibility index (Phi) is 26.6. The highest BCUT2D eigenvalue weighted by molar-refractivity contribution is 5.67. The van der Waals surface area contributed by atoms with E-state index in [1.165, 1.54) is 7.05 Å². The van der Waals surface area contributed by atoms with E-state index in [0.717, 1.165) is 5.06 Å². The summed E-state index contributed by atoms with van der Waals surface area (Å²) in [6.07, 6.45) is -61.4. The lowest BCUT2D eigenvalue weighted by Crippen LogP contribution is -2.63. The molecule has 0 saturated carbocycles. The molecule has 0 spiro atoms. The van der Waals surface area contributed by atoms with E-state index >= 15 is 0 Å². The first-order valence-electron chi connectivity index (χ1n) is 26.2.